The molecule has 0 bridgehead atoms. The zero-order valence-electron chi connectivity index (χ0n) is 17.4. The summed E-state index contributed by atoms with van der Waals surface area (Å²) in [6, 6.07) is 5.29. The number of hydrogen-bond acceptors (Lipinski definition) is 7. The van der Waals surface area contributed by atoms with E-state index in [1.165, 1.54) is 10.7 Å². The number of anilines is 2. The quantitative estimate of drug-likeness (QED) is 0.596. The first-order valence-electron chi connectivity index (χ1n) is 10.5. The van der Waals surface area contributed by atoms with Gasteiger partial charge in [-0.1, -0.05) is 6.07 Å². The molecule has 5 rings (SSSR count). The highest BCUT2D eigenvalue weighted by molar-refractivity contribution is 7.99. The Morgan fingerprint density at radius 3 is 2.72 bits per heavy atom. The van der Waals surface area contributed by atoms with Gasteiger partial charge in [0, 0.05) is 24.4 Å². The summed E-state index contributed by atoms with van der Waals surface area (Å²) in [7, 11) is 0. The Bertz CT molecular complexity index is 1130. The summed E-state index contributed by atoms with van der Waals surface area (Å²) >= 11 is 1.83. The predicted molar refractivity (Wildman–Crippen MR) is 118 cm³/mol. The molecule has 2 N–H and O–H groups in total. The van der Waals surface area contributed by atoms with Crippen molar-refractivity contribution in [3.05, 3.63) is 36.0 Å². The highest BCUT2D eigenvalue weighted by Gasteiger charge is 2.32. The first kappa shape index (κ1) is 21.3. The minimum atomic E-state index is -4.45. The van der Waals surface area contributed by atoms with Gasteiger partial charge in [-0.25, -0.2) is 4.68 Å². The van der Waals surface area contributed by atoms with E-state index in [2.05, 4.69) is 21.7 Å². The molecule has 0 amide bonds. The third-order valence-corrected chi connectivity index (χ3v) is 7.10. The van der Waals surface area contributed by atoms with Crippen LogP contribution in [0.5, 0.6) is 0 Å². The molecule has 11 heteroatoms. The average molecular weight is 465 g/mol. The summed E-state index contributed by atoms with van der Waals surface area (Å²) in [5.41, 5.74) is -0.0385. The van der Waals surface area contributed by atoms with Crippen molar-refractivity contribution < 1.29 is 18.3 Å². The normalized spacial score (nSPS) is 23.5. The summed E-state index contributed by atoms with van der Waals surface area (Å²) in [4.78, 5) is 11.3. The first-order chi connectivity index (χ1) is 15.3. The van der Waals surface area contributed by atoms with Crippen molar-refractivity contribution in [3.63, 3.8) is 0 Å². The highest BCUT2D eigenvalue weighted by Crippen LogP contribution is 2.35. The Labute approximate surface area is 187 Å². The van der Waals surface area contributed by atoms with Gasteiger partial charge in [0.2, 0.25) is 5.95 Å². The van der Waals surface area contributed by atoms with Gasteiger partial charge in [-0.2, -0.15) is 40.0 Å². The van der Waals surface area contributed by atoms with Gasteiger partial charge in [0.25, 0.3) is 0 Å². The molecule has 2 fully saturated rings. The van der Waals surface area contributed by atoms with Crippen LogP contribution in [-0.2, 0) is 6.18 Å². The van der Waals surface area contributed by atoms with Crippen molar-refractivity contribution in [2.75, 3.05) is 29.6 Å². The molecule has 1 atom stereocenters. The lowest BCUT2D eigenvalue weighted by molar-refractivity contribution is -0.137. The lowest BCUT2D eigenvalue weighted by atomic mass is 9.92. The number of fused-ring (bicyclic) bond motifs is 1. The lowest BCUT2D eigenvalue weighted by Crippen LogP contribution is -2.37. The fourth-order valence-corrected chi connectivity index (χ4v) is 5.04. The Hall–Kier alpha value is -2.53. The van der Waals surface area contributed by atoms with Gasteiger partial charge in [0.1, 0.15) is 5.82 Å². The summed E-state index contributed by atoms with van der Waals surface area (Å²) in [5, 5.41) is 19.0. The second-order valence-electron chi connectivity index (χ2n) is 8.27. The van der Waals surface area contributed by atoms with Crippen LogP contribution < -0.4 is 10.2 Å². The van der Waals surface area contributed by atoms with Crippen molar-refractivity contribution in [2.45, 2.75) is 42.8 Å². The minimum absolute atomic E-state index is 0.256. The molecule has 3 aromatic rings. The molecule has 1 saturated carbocycles. The molecule has 1 unspecified atom stereocenters. The van der Waals surface area contributed by atoms with Crippen molar-refractivity contribution in [1.29, 1.82) is 0 Å². The Kier molecular flexibility index (Phi) is 5.40. The molecular formula is C21H23F3N6OS. The molecule has 32 heavy (non-hydrogen) atoms. The van der Waals surface area contributed by atoms with Gasteiger partial charge in [-0.05, 0) is 43.7 Å². The number of β-amino-alcohol motifs (C(OH)–C–C–N with tert-alkyl or cyclic N) is 1. The largest absolute Gasteiger partial charge is 0.416 e. The van der Waals surface area contributed by atoms with Crippen LogP contribution in [0, 0.1) is 0 Å². The van der Waals surface area contributed by atoms with Gasteiger partial charge in [0.05, 0.1) is 28.9 Å². The van der Waals surface area contributed by atoms with Crippen LogP contribution in [0.4, 0.5) is 24.9 Å². The van der Waals surface area contributed by atoms with Crippen LogP contribution in [0.25, 0.3) is 16.7 Å². The molecule has 3 heterocycles. The number of halogens is 3. The van der Waals surface area contributed by atoms with Crippen LogP contribution >= 0.6 is 11.8 Å². The highest BCUT2D eigenvalue weighted by atomic mass is 32.2. The monoisotopic (exact) mass is 464 g/mol. The van der Waals surface area contributed by atoms with Gasteiger partial charge in [0.15, 0.2) is 5.65 Å². The zero-order chi connectivity index (χ0) is 22.5. The number of rotatable bonds is 5. The molecule has 2 aromatic heterocycles. The maximum absolute atomic E-state index is 13.2. The Morgan fingerprint density at radius 2 is 2.03 bits per heavy atom. The second kappa shape index (κ2) is 8.11. The van der Waals surface area contributed by atoms with E-state index in [4.69, 9.17) is 4.98 Å². The fourth-order valence-electron chi connectivity index (χ4n) is 4.19. The van der Waals surface area contributed by atoms with E-state index in [9.17, 15) is 18.3 Å². The predicted octanol–water partition coefficient (Wildman–Crippen LogP) is 3.71. The molecule has 7 nitrogen and oxygen atoms in total. The number of benzene rings is 1. The summed E-state index contributed by atoms with van der Waals surface area (Å²) in [6.07, 6.45) is 1.42. The molecule has 1 aliphatic heterocycles. The van der Waals surface area contributed by atoms with E-state index in [1.54, 1.807) is 12.3 Å². The van der Waals surface area contributed by atoms with E-state index in [1.807, 2.05) is 16.7 Å². The van der Waals surface area contributed by atoms with Crippen molar-refractivity contribution in [1.82, 2.24) is 19.7 Å². The number of aliphatic hydroxyl groups is 1. The van der Waals surface area contributed by atoms with Gasteiger partial charge < -0.3 is 15.3 Å². The fraction of sp³-hybridized carbons (Fsp3) is 0.476. The molecule has 0 radical (unpaired) electrons. The van der Waals surface area contributed by atoms with Crippen molar-refractivity contribution in [2.24, 2.45) is 0 Å². The van der Waals surface area contributed by atoms with Gasteiger partial charge in [-0.3, -0.25) is 0 Å². The van der Waals surface area contributed by atoms with Crippen LogP contribution in [0.1, 0.15) is 24.8 Å². The molecule has 1 aromatic carbocycles. The number of thioether (sulfide) groups is 1. The molecule has 0 spiro atoms. The topological polar surface area (TPSA) is 79.1 Å². The smallest absolute Gasteiger partial charge is 0.391 e. The standard InChI is InChI=1S/C21H23F3N6OS/c1-32-16-8-13(9-16)26-20-27-18(29-6-5-15(31)11-29)17-10-25-30(19(17)28-20)14-4-2-3-12(7-14)21(22,23)24/h2-4,7,10,13,15-16,31H,5-6,8-9,11H2,1H3,(H,26,27,28). The molecule has 2 aliphatic rings. The maximum Gasteiger partial charge on any atom is 0.416 e. The van der Waals surface area contributed by atoms with Gasteiger partial charge in [-0.15, -0.1) is 0 Å². The number of hydrogen-bond donors (Lipinski definition) is 2. The zero-order valence-corrected chi connectivity index (χ0v) is 18.2. The van der Waals surface area contributed by atoms with E-state index >= 15 is 0 Å². The van der Waals surface area contributed by atoms with Crippen LogP contribution in [0.3, 0.4) is 0 Å². The van der Waals surface area contributed by atoms with E-state index < -0.39 is 17.8 Å². The van der Waals surface area contributed by atoms with Crippen molar-refractivity contribution >= 4 is 34.6 Å². The van der Waals surface area contributed by atoms with E-state index in [-0.39, 0.29) is 11.7 Å². The number of aliphatic hydroxyl groups excluding tert-OH is 1. The Morgan fingerprint density at radius 1 is 1.22 bits per heavy atom. The van der Waals surface area contributed by atoms with Crippen LogP contribution in [0.15, 0.2) is 30.5 Å². The number of nitrogens with one attached hydrogen (secondary N) is 1. The molecule has 1 aliphatic carbocycles. The molecule has 170 valence electrons. The lowest BCUT2D eigenvalue weighted by Gasteiger charge is -2.34. The summed E-state index contributed by atoms with van der Waals surface area (Å²) in [6.45, 7) is 1.08. The Balaban J connectivity index is 1.57. The molecule has 1 saturated heterocycles. The molecular weight excluding hydrogens is 441 g/mol. The van der Waals surface area contributed by atoms with Gasteiger partial charge >= 0.3 is 6.18 Å². The summed E-state index contributed by atoms with van der Waals surface area (Å²) < 4.78 is 41.2. The average Bonchev–Trinajstić information content (AvgIpc) is 3.35. The second-order valence-corrected chi connectivity index (χ2v) is 9.41. The van der Waals surface area contributed by atoms with E-state index in [0.29, 0.717) is 47.6 Å². The third kappa shape index (κ3) is 3.99. The van der Waals surface area contributed by atoms with Crippen LogP contribution in [-0.4, -0.2) is 61.6 Å². The number of alkyl halides is 3. The SMILES string of the molecule is CSC1CC(Nc2nc(N3CCC(O)C3)c3cnn(-c4cccc(C(F)(F)F)c4)c3n2)C1. The van der Waals surface area contributed by atoms with Crippen molar-refractivity contribution in [3.8, 4) is 5.69 Å². The number of aromatic nitrogens is 4. The maximum atomic E-state index is 13.2. The van der Waals surface area contributed by atoms with E-state index in [0.717, 1.165) is 25.0 Å². The number of nitrogens with zero attached hydrogens (tertiary/aromatic N) is 5. The third-order valence-electron chi connectivity index (χ3n) is 6.05. The summed E-state index contributed by atoms with van der Waals surface area (Å²) in [5.74, 6) is 1.06. The minimum Gasteiger partial charge on any atom is -0.391 e. The first-order valence-corrected chi connectivity index (χ1v) is 11.8. The van der Waals surface area contributed by atoms with Crippen LogP contribution in [0.2, 0.25) is 0 Å².